The first-order chi connectivity index (χ1) is 8.65. The number of halogens is 1. The summed E-state index contributed by atoms with van der Waals surface area (Å²) in [6.45, 7) is 2.84. The van der Waals surface area contributed by atoms with Gasteiger partial charge in [-0.25, -0.2) is 4.68 Å². The second-order valence-corrected chi connectivity index (χ2v) is 5.51. The predicted octanol–water partition coefficient (Wildman–Crippen LogP) is 1.29. The Morgan fingerprint density at radius 2 is 2.33 bits per heavy atom. The number of aromatic nitrogens is 3. The third kappa shape index (κ3) is 2.90. The van der Waals surface area contributed by atoms with E-state index in [1.807, 2.05) is 14.0 Å². The summed E-state index contributed by atoms with van der Waals surface area (Å²) >= 11 is 3.41. The summed E-state index contributed by atoms with van der Waals surface area (Å²) in [5, 5.41) is 7.97. The van der Waals surface area contributed by atoms with Gasteiger partial charge in [0.25, 0.3) is 0 Å². The highest BCUT2D eigenvalue weighted by atomic mass is 79.9. The molecule has 0 bridgehead atoms. The molecule has 6 nitrogen and oxygen atoms in total. The second kappa shape index (κ2) is 6.10. The van der Waals surface area contributed by atoms with Crippen molar-refractivity contribution in [2.45, 2.75) is 38.3 Å². The van der Waals surface area contributed by atoms with Crippen molar-refractivity contribution in [1.82, 2.24) is 20.4 Å². The van der Waals surface area contributed by atoms with Gasteiger partial charge in [-0.15, -0.1) is 5.10 Å². The van der Waals surface area contributed by atoms with Gasteiger partial charge in [-0.2, -0.15) is 0 Å². The number of nitrogens with zero attached hydrogens (tertiary/aromatic N) is 3. The molecule has 0 aliphatic heterocycles. The van der Waals surface area contributed by atoms with Crippen molar-refractivity contribution < 1.29 is 4.74 Å². The Labute approximate surface area is 115 Å². The maximum Gasteiger partial charge on any atom is 0.153 e. The average molecular weight is 318 g/mol. The molecule has 0 radical (unpaired) electrons. The number of ether oxygens (including phenoxy) is 1. The van der Waals surface area contributed by atoms with Crippen LogP contribution in [0.3, 0.4) is 0 Å². The summed E-state index contributed by atoms with van der Waals surface area (Å²) in [5.74, 6) is 6.31. The molecule has 1 aliphatic carbocycles. The Morgan fingerprint density at radius 1 is 1.61 bits per heavy atom. The van der Waals surface area contributed by atoms with Crippen molar-refractivity contribution in [2.24, 2.45) is 18.8 Å². The Morgan fingerprint density at radius 3 is 2.83 bits per heavy atom. The van der Waals surface area contributed by atoms with Gasteiger partial charge >= 0.3 is 0 Å². The smallest absolute Gasteiger partial charge is 0.153 e. The number of rotatable bonds is 6. The Balaban J connectivity index is 1.91. The molecule has 0 spiro atoms. The molecule has 2 rings (SSSR count). The molecule has 1 aliphatic rings. The van der Waals surface area contributed by atoms with E-state index in [1.165, 1.54) is 0 Å². The fourth-order valence-corrected chi connectivity index (χ4v) is 3.14. The zero-order chi connectivity index (χ0) is 13.1. The summed E-state index contributed by atoms with van der Waals surface area (Å²) < 4.78 is 8.09. The van der Waals surface area contributed by atoms with Crippen LogP contribution in [0, 0.1) is 5.92 Å². The van der Waals surface area contributed by atoms with Gasteiger partial charge < -0.3 is 4.74 Å². The molecule has 1 heterocycles. The van der Waals surface area contributed by atoms with Crippen LogP contribution >= 0.6 is 15.9 Å². The quantitative estimate of drug-likeness (QED) is 0.610. The van der Waals surface area contributed by atoms with Gasteiger partial charge in [-0.1, -0.05) is 5.21 Å². The molecule has 18 heavy (non-hydrogen) atoms. The van der Waals surface area contributed by atoms with E-state index in [0.717, 1.165) is 36.2 Å². The summed E-state index contributed by atoms with van der Waals surface area (Å²) in [5.41, 5.74) is 3.86. The first kappa shape index (κ1) is 13.9. The second-order valence-electron chi connectivity index (χ2n) is 4.76. The molecule has 0 aromatic carbocycles. The highest BCUT2D eigenvalue weighted by Crippen LogP contribution is 2.37. The summed E-state index contributed by atoms with van der Waals surface area (Å²) in [4.78, 5) is 0. The van der Waals surface area contributed by atoms with Crippen molar-refractivity contribution >= 4 is 15.9 Å². The van der Waals surface area contributed by atoms with E-state index in [9.17, 15) is 0 Å². The maximum absolute atomic E-state index is 5.65. The van der Waals surface area contributed by atoms with Crippen molar-refractivity contribution in [3.8, 4) is 0 Å². The molecule has 0 saturated heterocycles. The first-order valence-corrected chi connectivity index (χ1v) is 7.07. The Bertz CT molecular complexity index is 371. The molecular formula is C11H20BrN5O. The van der Waals surface area contributed by atoms with Crippen LogP contribution in [0.5, 0.6) is 0 Å². The minimum atomic E-state index is 0.0759. The van der Waals surface area contributed by atoms with E-state index in [2.05, 4.69) is 31.7 Å². The lowest BCUT2D eigenvalue weighted by Crippen LogP contribution is -2.37. The predicted molar refractivity (Wildman–Crippen MR) is 71.5 cm³/mol. The summed E-state index contributed by atoms with van der Waals surface area (Å²) in [6, 6.07) is 0.0759. The number of nitrogens with one attached hydrogen (secondary N) is 1. The molecular weight excluding hydrogens is 298 g/mol. The van der Waals surface area contributed by atoms with Crippen LogP contribution in [0.25, 0.3) is 0 Å². The lowest BCUT2D eigenvalue weighted by molar-refractivity contribution is -0.0293. The van der Waals surface area contributed by atoms with Crippen molar-refractivity contribution in [3.63, 3.8) is 0 Å². The van der Waals surface area contributed by atoms with Crippen LogP contribution < -0.4 is 11.3 Å². The van der Waals surface area contributed by atoms with Crippen LogP contribution in [0.2, 0.25) is 0 Å². The molecule has 1 aromatic heterocycles. The molecule has 0 amide bonds. The van der Waals surface area contributed by atoms with E-state index >= 15 is 0 Å². The van der Waals surface area contributed by atoms with Gasteiger partial charge in [0.05, 0.1) is 17.8 Å². The Hall–Kier alpha value is -0.500. The van der Waals surface area contributed by atoms with Gasteiger partial charge in [0, 0.05) is 13.7 Å². The summed E-state index contributed by atoms with van der Waals surface area (Å²) in [7, 11) is 1.88. The third-order valence-corrected chi connectivity index (χ3v) is 4.09. The minimum absolute atomic E-state index is 0.0759. The molecule has 102 valence electrons. The van der Waals surface area contributed by atoms with Gasteiger partial charge in [0.15, 0.2) is 4.60 Å². The average Bonchev–Trinajstić information content (AvgIpc) is 2.63. The lowest BCUT2D eigenvalue weighted by atomic mass is 9.78. The number of hydrazine groups is 1. The van der Waals surface area contributed by atoms with Gasteiger partial charge in [-0.05, 0) is 48.0 Å². The van der Waals surface area contributed by atoms with Crippen LogP contribution in [-0.4, -0.2) is 27.7 Å². The topological polar surface area (TPSA) is 78.0 Å². The van der Waals surface area contributed by atoms with E-state index in [-0.39, 0.29) is 6.04 Å². The van der Waals surface area contributed by atoms with Crippen molar-refractivity contribution in [3.05, 3.63) is 10.3 Å². The SMILES string of the molecule is CCOC1CC(CC(NN)c2c(Br)nnn2C)C1. The number of aryl methyl sites for hydroxylation is 1. The third-order valence-electron chi connectivity index (χ3n) is 3.52. The number of hydrogen-bond donors (Lipinski definition) is 2. The molecule has 1 unspecified atom stereocenters. The molecule has 1 aromatic rings. The highest BCUT2D eigenvalue weighted by molar-refractivity contribution is 9.10. The molecule has 1 fully saturated rings. The van der Waals surface area contributed by atoms with Gasteiger partial charge in [0.1, 0.15) is 0 Å². The van der Waals surface area contributed by atoms with Crippen molar-refractivity contribution in [1.29, 1.82) is 0 Å². The maximum atomic E-state index is 5.65. The highest BCUT2D eigenvalue weighted by Gasteiger charge is 2.33. The van der Waals surface area contributed by atoms with Gasteiger partial charge in [0.2, 0.25) is 0 Å². The zero-order valence-electron chi connectivity index (χ0n) is 10.8. The molecule has 1 saturated carbocycles. The standard InChI is InChI=1S/C11H20BrN5O/c1-3-18-8-4-7(5-8)6-9(14-13)10-11(12)15-16-17(10)2/h7-9,14H,3-6,13H2,1-2H3. The number of nitrogens with two attached hydrogens (primary N) is 1. The fraction of sp³-hybridized carbons (Fsp3) is 0.818. The largest absolute Gasteiger partial charge is 0.378 e. The van der Waals surface area contributed by atoms with Crippen LogP contribution in [0.15, 0.2) is 4.60 Å². The normalized spacial score (nSPS) is 24.9. The van der Waals surface area contributed by atoms with E-state index in [0.29, 0.717) is 12.0 Å². The zero-order valence-corrected chi connectivity index (χ0v) is 12.4. The lowest BCUT2D eigenvalue weighted by Gasteiger charge is -2.36. The summed E-state index contributed by atoms with van der Waals surface area (Å²) in [6.07, 6.45) is 3.66. The minimum Gasteiger partial charge on any atom is -0.378 e. The monoisotopic (exact) mass is 317 g/mol. The van der Waals surface area contributed by atoms with Crippen LogP contribution in [0.4, 0.5) is 0 Å². The fourth-order valence-electron chi connectivity index (χ4n) is 2.54. The molecule has 3 N–H and O–H groups in total. The number of hydrogen-bond acceptors (Lipinski definition) is 5. The van der Waals surface area contributed by atoms with E-state index < -0.39 is 0 Å². The Kier molecular flexibility index (Phi) is 4.71. The molecule has 1 atom stereocenters. The van der Waals surface area contributed by atoms with Crippen molar-refractivity contribution in [2.75, 3.05) is 6.61 Å². The van der Waals surface area contributed by atoms with E-state index in [1.54, 1.807) is 4.68 Å². The van der Waals surface area contributed by atoms with Gasteiger partial charge in [-0.3, -0.25) is 11.3 Å². The first-order valence-electron chi connectivity index (χ1n) is 6.28. The van der Waals surface area contributed by atoms with Crippen LogP contribution in [-0.2, 0) is 11.8 Å². The molecule has 7 heteroatoms. The van der Waals surface area contributed by atoms with E-state index in [4.69, 9.17) is 10.6 Å². The van der Waals surface area contributed by atoms with Crippen LogP contribution in [0.1, 0.15) is 37.9 Å².